The van der Waals surface area contributed by atoms with Gasteiger partial charge in [0.05, 0.1) is 11.4 Å². The second kappa shape index (κ2) is 7.71. The normalized spacial score (nSPS) is 13.4. The summed E-state index contributed by atoms with van der Waals surface area (Å²) in [6.07, 6.45) is 7.27. The molecule has 0 spiro atoms. The third-order valence-corrected chi connectivity index (χ3v) is 4.86. The SMILES string of the molecule is [B]1N(c2cc(-c3ccccn3)ccn2)CCN1c1cc(-c2ccccn2)ccn1. The lowest BCUT2D eigenvalue weighted by molar-refractivity contribution is 0.993. The Morgan fingerprint density at radius 3 is 1.55 bits per heavy atom. The molecular formula is C22H18BN6. The highest BCUT2D eigenvalue weighted by molar-refractivity contribution is 6.48. The van der Waals surface area contributed by atoms with Crippen molar-refractivity contribution in [2.24, 2.45) is 0 Å². The van der Waals surface area contributed by atoms with Crippen LogP contribution in [0.2, 0.25) is 0 Å². The maximum absolute atomic E-state index is 4.55. The summed E-state index contributed by atoms with van der Waals surface area (Å²) in [5, 5.41) is 0. The number of pyridine rings is 4. The summed E-state index contributed by atoms with van der Waals surface area (Å²) < 4.78 is 0. The molecule has 5 rings (SSSR count). The lowest BCUT2D eigenvalue weighted by atomic mass is 10.1. The second-order valence-electron chi connectivity index (χ2n) is 6.74. The predicted octanol–water partition coefficient (Wildman–Crippen LogP) is 3.46. The smallest absolute Gasteiger partial charge is 0.382 e. The van der Waals surface area contributed by atoms with Gasteiger partial charge in [-0.25, -0.2) is 9.97 Å². The van der Waals surface area contributed by atoms with Crippen LogP contribution in [0.15, 0.2) is 85.5 Å². The van der Waals surface area contributed by atoms with Gasteiger partial charge in [-0.05, 0) is 48.5 Å². The minimum Gasteiger partial charge on any atom is -0.382 e. The van der Waals surface area contributed by atoms with Crippen LogP contribution in [-0.4, -0.2) is 40.6 Å². The molecule has 29 heavy (non-hydrogen) atoms. The highest BCUT2D eigenvalue weighted by Gasteiger charge is 2.25. The Labute approximate surface area is 170 Å². The quantitative estimate of drug-likeness (QED) is 0.508. The molecule has 1 saturated heterocycles. The van der Waals surface area contributed by atoms with Gasteiger partial charge in [0.2, 0.25) is 0 Å². The number of aromatic nitrogens is 4. The zero-order valence-electron chi connectivity index (χ0n) is 15.8. The van der Waals surface area contributed by atoms with E-state index in [1.165, 1.54) is 0 Å². The molecule has 7 heteroatoms. The lowest BCUT2D eigenvalue weighted by Gasteiger charge is -2.18. The Kier molecular flexibility index (Phi) is 4.62. The minimum atomic E-state index is 0.841. The Bertz CT molecular complexity index is 1020. The summed E-state index contributed by atoms with van der Waals surface area (Å²) in [4.78, 5) is 22.3. The first-order chi connectivity index (χ1) is 14.4. The standard InChI is InChI=1S/C22H18BN6/c1-3-9-24-19(5-1)17-7-11-26-21(15-17)28-13-14-29(23-28)22-16-18(8-12-27-22)20-6-2-4-10-25-20/h1-12,15-16H,13-14H2. The van der Waals surface area contributed by atoms with Crippen molar-refractivity contribution in [2.45, 2.75) is 0 Å². The Morgan fingerprint density at radius 2 is 1.10 bits per heavy atom. The first kappa shape index (κ1) is 17.4. The highest BCUT2D eigenvalue weighted by Crippen LogP contribution is 2.25. The number of nitrogens with zero attached hydrogens (tertiary/aromatic N) is 6. The van der Waals surface area contributed by atoms with Crippen molar-refractivity contribution in [1.29, 1.82) is 0 Å². The van der Waals surface area contributed by atoms with Crippen LogP contribution < -0.4 is 9.62 Å². The fourth-order valence-corrected chi connectivity index (χ4v) is 3.38. The molecule has 1 fully saturated rings. The third kappa shape index (κ3) is 3.67. The molecule has 6 nitrogen and oxygen atoms in total. The van der Waals surface area contributed by atoms with E-state index in [0.717, 1.165) is 47.2 Å². The third-order valence-electron chi connectivity index (χ3n) is 4.86. The maximum atomic E-state index is 4.55. The Hall–Kier alpha value is -3.74. The molecule has 0 aromatic carbocycles. The van der Waals surface area contributed by atoms with Gasteiger partial charge in [0.25, 0.3) is 0 Å². The number of anilines is 2. The zero-order chi connectivity index (χ0) is 19.5. The van der Waals surface area contributed by atoms with Crippen LogP contribution in [-0.2, 0) is 0 Å². The number of rotatable bonds is 4. The molecule has 0 unspecified atom stereocenters. The van der Waals surface area contributed by atoms with Crippen molar-refractivity contribution in [1.82, 2.24) is 19.9 Å². The fraction of sp³-hybridized carbons (Fsp3) is 0.0909. The van der Waals surface area contributed by atoms with E-state index in [4.69, 9.17) is 0 Å². The summed E-state index contributed by atoms with van der Waals surface area (Å²) in [7, 11) is 2.06. The minimum absolute atomic E-state index is 0.841. The van der Waals surface area contributed by atoms with Gasteiger partial charge in [-0.2, -0.15) is 0 Å². The van der Waals surface area contributed by atoms with Gasteiger partial charge >= 0.3 is 7.55 Å². The van der Waals surface area contributed by atoms with E-state index in [9.17, 15) is 0 Å². The van der Waals surface area contributed by atoms with Crippen molar-refractivity contribution in [3.05, 3.63) is 85.5 Å². The maximum Gasteiger partial charge on any atom is 0.394 e. The van der Waals surface area contributed by atoms with Crippen LogP contribution in [0.3, 0.4) is 0 Å². The molecule has 4 aromatic heterocycles. The summed E-state index contributed by atoms with van der Waals surface area (Å²) in [5.41, 5.74) is 3.99. The first-order valence-electron chi connectivity index (χ1n) is 9.50. The van der Waals surface area contributed by atoms with E-state index in [-0.39, 0.29) is 0 Å². The molecule has 0 N–H and O–H groups in total. The summed E-state index contributed by atoms with van der Waals surface area (Å²) in [5.74, 6) is 1.80. The van der Waals surface area contributed by atoms with Crippen LogP contribution >= 0.6 is 0 Å². The Balaban J connectivity index is 1.36. The van der Waals surface area contributed by atoms with Crippen molar-refractivity contribution in [2.75, 3.05) is 22.7 Å². The fourth-order valence-electron chi connectivity index (χ4n) is 3.38. The second-order valence-corrected chi connectivity index (χ2v) is 6.74. The average molecular weight is 377 g/mol. The van der Waals surface area contributed by atoms with E-state index in [1.807, 2.05) is 60.9 Å². The molecule has 1 aliphatic heterocycles. The van der Waals surface area contributed by atoms with Gasteiger partial charge < -0.3 is 9.62 Å². The summed E-state index contributed by atoms with van der Waals surface area (Å²) in [6.45, 7) is 1.68. The van der Waals surface area contributed by atoms with Gasteiger partial charge in [-0.3, -0.25) is 9.97 Å². The number of hydrogen-bond donors (Lipinski definition) is 0. The van der Waals surface area contributed by atoms with Crippen LogP contribution in [0.5, 0.6) is 0 Å². The van der Waals surface area contributed by atoms with E-state index >= 15 is 0 Å². The first-order valence-corrected chi connectivity index (χ1v) is 9.50. The summed E-state index contributed by atoms with van der Waals surface area (Å²) >= 11 is 0. The monoisotopic (exact) mass is 377 g/mol. The Morgan fingerprint density at radius 1 is 0.586 bits per heavy atom. The lowest BCUT2D eigenvalue weighted by Crippen LogP contribution is -2.30. The van der Waals surface area contributed by atoms with Crippen molar-refractivity contribution in [3.63, 3.8) is 0 Å². The van der Waals surface area contributed by atoms with E-state index in [1.54, 1.807) is 12.4 Å². The van der Waals surface area contributed by atoms with E-state index in [2.05, 4.69) is 49.2 Å². The van der Waals surface area contributed by atoms with Crippen molar-refractivity contribution in [3.8, 4) is 22.5 Å². The molecular weight excluding hydrogens is 359 g/mol. The molecule has 0 saturated carbocycles. The topological polar surface area (TPSA) is 58.0 Å². The molecule has 5 heterocycles. The molecule has 0 bridgehead atoms. The molecule has 0 atom stereocenters. The van der Waals surface area contributed by atoms with Gasteiger partial charge in [-0.1, -0.05) is 12.1 Å². The summed E-state index contributed by atoms with van der Waals surface area (Å²) in [6, 6.07) is 19.9. The van der Waals surface area contributed by atoms with Gasteiger partial charge in [-0.15, -0.1) is 0 Å². The van der Waals surface area contributed by atoms with Crippen LogP contribution in [0.25, 0.3) is 22.5 Å². The van der Waals surface area contributed by atoms with Crippen LogP contribution in [0.1, 0.15) is 0 Å². The molecule has 0 aliphatic carbocycles. The van der Waals surface area contributed by atoms with Gasteiger partial charge in [0.1, 0.15) is 11.6 Å². The molecule has 139 valence electrons. The largest absolute Gasteiger partial charge is 0.394 e. The van der Waals surface area contributed by atoms with Crippen LogP contribution in [0.4, 0.5) is 11.6 Å². The van der Waals surface area contributed by atoms with E-state index in [0.29, 0.717) is 0 Å². The zero-order valence-corrected chi connectivity index (χ0v) is 15.8. The molecule has 0 amide bonds. The van der Waals surface area contributed by atoms with E-state index < -0.39 is 0 Å². The van der Waals surface area contributed by atoms with Crippen LogP contribution in [0, 0.1) is 0 Å². The highest BCUT2D eigenvalue weighted by atomic mass is 15.3. The molecule has 1 radical (unpaired) electrons. The molecule has 4 aromatic rings. The van der Waals surface area contributed by atoms with Crippen molar-refractivity contribution >= 4 is 19.2 Å². The number of hydrogen-bond acceptors (Lipinski definition) is 6. The average Bonchev–Trinajstić information content (AvgIpc) is 3.31. The van der Waals surface area contributed by atoms with Gasteiger partial charge in [0.15, 0.2) is 0 Å². The van der Waals surface area contributed by atoms with Crippen molar-refractivity contribution < 1.29 is 0 Å². The predicted molar refractivity (Wildman–Crippen MR) is 115 cm³/mol. The molecule has 1 aliphatic rings. The van der Waals surface area contributed by atoms with Gasteiger partial charge in [0, 0.05) is 49.0 Å².